The van der Waals surface area contributed by atoms with Crippen LogP contribution in [0.25, 0.3) is 72.6 Å². The van der Waals surface area contributed by atoms with Crippen LogP contribution in [0.2, 0.25) is 19.6 Å². The molecule has 1 radical (unpaired) electrons. The zero-order valence-electron chi connectivity index (χ0n) is 43.4. The molecule has 65 heavy (non-hydrogen) atoms. The molecule has 1 aliphatic carbocycles. The van der Waals surface area contributed by atoms with Gasteiger partial charge < -0.3 is 14.0 Å². The molecule has 0 atom stereocenters. The first-order valence-corrected chi connectivity index (χ1v) is 26.3. The zero-order chi connectivity index (χ0) is 48.8. The second kappa shape index (κ2) is 19.6. The topological polar surface area (TPSA) is 56.7 Å². The summed E-state index contributed by atoms with van der Waals surface area (Å²) in [6.45, 7) is 13.6. The van der Waals surface area contributed by atoms with E-state index < -0.39 is 21.3 Å². The third-order valence-electron chi connectivity index (χ3n) is 12.5. The molecule has 10 rings (SSSR count). The standard InChI is InChI=1S/C36H30N3O.C22H30NSi.Ir/c1-22(2)29-20-25(24-12-6-5-7-13-24)21-30(23(3)4)33(29)39-32-18-9-8-17-31(32)38-35(39)28-15-10-14-26-27-16-11-19-37-36(27)40-34(26)28;1-17-10-12-19(13-11-17)21-15-20(14-18-8-6-5-7-9-18)22(16-23-21)24(2,3)4;/h5-14,16-23H,1-4H3;10-12,15-16,18H,5-9,14H2,1-4H3;/q2*-1;/i;1D3,14D2;. The molecule has 0 saturated heterocycles. The maximum atomic E-state index is 9.03. The summed E-state index contributed by atoms with van der Waals surface area (Å²) in [6.07, 6.45) is 7.45. The summed E-state index contributed by atoms with van der Waals surface area (Å²) in [5, 5.41) is 3.08. The molecular weight excluding hydrogens is 989 g/mol. The predicted molar refractivity (Wildman–Crippen MR) is 271 cm³/mol. The molecule has 1 aliphatic rings. The van der Waals surface area contributed by atoms with Crippen LogP contribution >= 0.6 is 0 Å². The number of imidazole rings is 1. The third-order valence-corrected chi connectivity index (χ3v) is 14.5. The fraction of sp³-hybridized carbons (Fsp3) is 0.293. The summed E-state index contributed by atoms with van der Waals surface area (Å²) in [7, 11) is -1.80. The van der Waals surface area contributed by atoms with E-state index in [9.17, 15) is 0 Å². The summed E-state index contributed by atoms with van der Waals surface area (Å²) in [4.78, 5) is 14.3. The van der Waals surface area contributed by atoms with Gasteiger partial charge >= 0.3 is 0 Å². The number of hydrogen-bond donors (Lipinski definition) is 0. The third kappa shape index (κ3) is 9.61. The van der Waals surface area contributed by atoms with E-state index in [2.05, 4.69) is 141 Å². The summed E-state index contributed by atoms with van der Waals surface area (Å²) >= 11 is 0. The van der Waals surface area contributed by atoms with Gasteiger partial charge in [-0.25, -0.2) is 4.98 Å². The van der Waals surface area contributed by atoms with E-state index in [1.54, 1.807) is 18.3 Å². The molecule has 4 heterocycles. The first kappa shape index (κ1) is 39.9. The Morgan fingerprint density at radius 2 is 1.54 bits per heavy atom. The first-order chi connectivity index (χ1) is 32.9. The van der Waals surface area contributed by atoms with Crippen molar-refractivity contribution in [1.29, 1.82) is 0 Å². The van der Waals surface area contributed by atoms with Crippen LogP contribution in [0.1, 0.15) is 101 Å². The minimum absolute atomic E-state index is 0. The number of rotatable bonds is 9. The zero-order valence-corrected chi connectivity index (χ0v) is 41.8. The normalized spacial score (nSPS) is 14.9. The Bertz CT molecular complexity index is 3250. The molecule has 7 heteroatoms. The second-order valence-electron chi connectivity index (χ2n) is 18.8. The van der Waals surface area contributed by atoms with Crippen LogP contribution in [0.5, 0.6) is 0 Å². The van der Waals surface area contributed by atoms with Crippen LogP contribution in [0.4, 0.5) is 0 Å². The molecule has 0 aliphatic heterocycles. The van der Waals surface area contributed by atoms with Crippen molar-refractivity contribution in [2.24, 2.45) is 5.92 Å². The average molecular weight is 1050 g/mol. The van der Waals surface area contributed by atoms with Crippen molar-refractivity contribution in [3.63, 3.8) is 0 Å². The SMILES string of the molecule is CC(C)c1cc(-c2ccccc2)cc(C(C)C)c1-n1c(-c2[c-]ccc3c2oc2ncccc23)nc2ccccc21.[2H]C([2H])([2H])c1c[c-]c(-c2cc(C([2H])([2H])C3CCCCC3)c([Si](C)(C)C)cn2)cc1.[Ir]. The molecule has 4 aromatic heterocycles. The van der Waals surface area contributed by atoms with Gasteiger partial charge in [0.2, 0.25) is 5.71 Å². The van der Waals surface area contributed by atoms with Gasteiger partial charge in [0.05, 0.1) is 30.5 Å². The minimum Gasteiger partial charge on any atom is -0.486 e. The quantitative estimate of drug-likeness (QED) is 0.107. The molecule has 0 amide bonds. The Hall–Kier alpha value is -5.46. The van der Waals surface area contributed by atoms with Crippen LogP contribution in [-0.4, -0.2) is 27.6 Å². The van der Waals surface area contributed by atoms with Gasteiger partial charge in [0.25, 0.3) is 0 Å². The van der Waals surface area contributed by atoms with Crippen molar-refractivity contribution in [2.45, 2.75) is 105 Å². The Kier molecular flexibility index (Phi) is 12.0. The first-order valence-electron chi connectivity index (χ1n) is 25.3. The van der Waals surface area contributed by atoms with Gasteiger partial charge in [0, 0.05) is 50.4 Å². The number of hydrogen-bond acceptors (Lipinski definition) is 4. The van der Waals surface area contributed by atoms with Crippen molar-refractivity contribution in [3.05, 3.63) is 162 Å². The number of aryl methyl sites for hydroxylation is 1. The van der Waals surface area contributed by atoms with Crippen molar-refractivity contribution in [2.75, 3.05) is 0 Å². The van der Waals surface area contributed by atoms with E-state index in [0.29, 0.717) is 28.8 Å². The number of pyridine rings is 2. The number of furan rings is 1. The molecule has 333 valence electrons. The maximum Gasteiger partial charge on any atom is 0.216 e. The Balaban J connectivity index is 0.000000196. The van der Waals surface area contributed by atoms with Crippen molar-refractivity contribution < 1.29 is 31.4 Å². The summed E-state index contributed by atoms with van der Waals surface area (Å²) in [5.41, 5.74) is 12.8. The van der Waals surface area contributed by atoms with Gasteiger partial charge in [-0.05, 0) is 93.7 Å². The fourth-order valence-corrected chi connectivity index (χ4v) is 10.6. The van der Waals surface area contributed by atoms with Gasteiger partial charge in [0.15, 0.2) is 0 Å². The van der Waals surface area contributed by atoms with Gasteiger partial charge in [-0.1, -0.05) is 151 Å². The molecule has 1 saturated carbocycles. The van der Waals surface area contributed by atoms with Crippen LogP contribution in [0, 0.1) is 24.9 Å². The fourth-order valence-electron chi connectivity index (χ4n) is 9.15. The molecule has 0 unspecified atom stereocenters. The Morgan fingerprint density at radius 3 is 2.23 bits per heavy atom. The molecule has 5 aromatic carbocycles. The summed E-state index contributed by atoms with van der Waals surface area (Å²) in [5.74, 6) is 1.44. The van der Waals surface area contributed by atoms with E-state index in [4.69, 9.17) is 16.3 Å². The van der Waals surface area contributed by atoms with Gasteiger partial charge in [0.1, 0.15) is 0 Å². The largest absolute Gasteiger partial charge is 0.486 e. The number of benzene rings is 5. The molecular formula is C58H60IrN4OSi-2. The van der Waals surface area contributed by atoms with Crippen molar-refractivity contribution in [1.82, 2.24) is 19.5 Å². The summed E-state index contributed by atoms with van der Waals surface area (Å²) in [6, 6.07) is 45.0. The van der Waals surface area contributed by atoms with Crippen molar-refractivity contribution in [3.8, 4) is 39.5 Å². The number of fused-ring (bicyclic) bond motifs is 4. The molecule has 1 fully saturated rings. The average Bonchev–Trinajstić information content (AvgIpc) is 3.92. The van der Waals surface area contributed by atoms with Gasteiger partial charge in [-0.15, -0.1) is 53.6 Å². The number of aromatic nitrogens is 4. The van der Waals surface area contributed by atoms with Crippen LogP contribution in [0.3, 0.4) is 0 Å². The molecule has 0 bridgehead atoms. The Morgan fingerprint density at radius 1 is 0.800 bits per heavy atom. The van der Waals surface area contributed by atoms with Gasteiger partial charge in [-0.3, -0.25) is 4.98 Å². The van der Waals surface area contributed by atoms with Crippen LogP contribution in [-0.2, 0) is 26.5 Å². The molecule has 0 spiro atoms. The summed E-state index contributed by atoms with van der Waals surface area (Å²) < 4.78 is 49.3. The minimum atomic E-state index is -2.16. The van der Waals surface area contributed by atoms with E-state index in [0.717, 1.165) is 75.2 Å². The smallest absolute Gasteiger partial charge is 0.216 e. The van der Waals surface area contributed by atoms with Crippen LogP contribution in [0.15, 0.2) is 132 Å². The van der Waals surface area contributed by atoms with E-state index >= 15 is 0 Å². The molecule has 5 nitrogen and oxygen atoms in total. The molecule has 0 N–H and O–H groups in total. The Labute approximate surface area is 407 Å². The predicted octanol–water partition coefficient (Wildman–Crippen LogP) is 15.2. The number of nitrogens with zero attached hydrogens (tertiary/aromatic N) is 4. The maximum absolute atomic E-state index is 9.03. The van der Waals surface area contributed by atoms with E-state index in [1.807, 2.05) is 36.5 Å². The monoisotopic (exact) mass is 1050 g/mol. The van der Waals surface area contributed by atoms with Crippen LogP contribution < -0.4 is 5.19 Å². The van der Waals surface area contributed by atoms with E-state index in [1.165, 1.54) is 40.4 Å². The van der Waals surface area contributed by atoms with E-state index in [-0.39, 0.29) is 31.6 Å². The van der Waals surface area contributed by atoms with Gasteiger partial charge in [-0.2, -0.15) is 0 Å². The molecule has 9 aromatic rings. The second-order valence-corrected chi connectivity index (χ2v) is 23.9. The number of para-hydroxylation sites is 2. The van der Waals surface area contributed by atoms with Crippen molar-refractivity contribution >= 4 is 46.4 Å².